The van der Waals surface area contributed by atoms with E-state index in [9.17, 15) is 5.11 Å². The van der Waals surface area contributed by atoms with Crippen LogP contribution in [0.5, 0.6) is 0 Å². The first-order valence-corrected chi connectivity index (χ1v) is 6.09. The molecule has 1 saturated carbocycles. The Labute approximate surface area is 97.8 Å². The largest absolute Gasteiger partial charge is 0.393 e. The number of rotatable bonds is 5. The molecule has 2 atom stereocenters. The molecule has 92 valence electrons. The summed E-state index contributed by atoms with van der Waals surface area (Å²) in [6.45, 7) is 7.95. The lowest BCUT2D eigenvalue weighted by Gasteiger charge is -2.14. The zero-order valence-corrected chi connectivity index (χ0v) is 10.1. The fraction of sp³-hybridized carbons (Fsp3) is 0.750. The topological polar surface area (TPSA) is 56.7 Å². The van der Waals surface area contributed by atoms with Crippen LogP contribution in [0, 0.1) is 5.92 Å². The smallest absolute Gasteiger partial charge is 0.191 e. The van der Waals surface area contributed by atoms with E-state index in [1.54, 1.807) is 6.08 Å². The first-order valence-electron chi connectivity index (χ1n) is 6.09. The predicted octanol–water partition coefficient (Wildman–Crippen LogP) is 0.888. The van der Waals surface area contributed by atoms with E-state index < -0.39 is 0 Å². The van der Waals surface area contributed by atoms with Gasteiger partial charge in [0.05, 0.1) is 6.10 Å². The van der Waals surface area contributed by atoms with E-state index in [1.807, 2.05) is 6.92 Å². The number of hydrogen-bond donors (Lipinski definition) is 3. The second kappa shape index (κ2) is 7.28. The predicted molar refractivity (Wildman–Crippen MR) is 67.5 cm³/mol. The quantitative estimate of drug-likeness (QED) is 0.370. The van der Waals surface area contributed by atoms with Crippen LogP contribution in [0.3, 0.4) is 0 Å². The molecule has 3 N–H and O–H groups in total. The molecule has 1 aliphatic rings. The third-order valence-electron chi connectivity index (χ3n) is 2.86. The Bertz CT molecular complexity index is 240. The number of guanidine groups is 1. The van der Waals surface area contributed by atoms with Gasteiger partial charge in [0.2, 0.25) is 0 Å². The van der Waals surface area contributed by atoms with Crippen molar-refractivity contribution in [2.45, 2.75) is 32.3 Å². The summed E-state index contributed by atoms with van der Waals surface area (Å²) in [6, 6.07) is 0. The van der Waals surface area contributed by atoms with Gasteiger partial charge in [-0.05, 0) is 19.8 Å². The van der Waals surface area contributed by atoms with E-state index in [0.717, 1.165) is 31.8 Å². The van der Waals surface area contributed by atoms with Crippen LogP contribution in [0.15, 0.2) is 17.6 Å². The monoisotopic (exact) mass is 225 g/mol. The fourth-order valence-corrected chi connectivity index (χ4v) is 1.95. The summed E-state index contributed by atoms with van der Waals surface area (Å²) in [7, 11) is 0. The Hall–Kier alpha value is -1.03. The van der Waals surface area contributed by atoms with Gasteiger partial charge in [-0.25, -0.2) is 0 Å². The van der Waals surface area contributed by atoms with Crippen molar-refractivity contribution in [1.29, 1.82) is 0 Å². The number of aliphatic imine (C=N–C) groups is 1. The van der Waals surface area contributed by atoms with E-state index in [2.05, 4.69) is 22.2 Å². The van der Waals surface area contributed by atoms with Gasteiger partial charge in [-0.3, -0.25) is 4.99 Å². The van der Waals surface area contributed by atoms with Gasteiger partial charge in [0.25, 0.3) is 0 Å². The Kier molecular flexibility index (Phi) is 5.93. The van der Waals surface area contributed by atoms with Gasteiger partial charge in [-0.15, -0.1) is 6.58 Å². The van der Waals surface area contributed by atoms with Crippen molar-refractivity contribution in [2.75, 3.05) is 19.6 Å². The van der Waals surface area contributed by atoms with Crippen molar-refractivity contribution in [2.24, 2.45) is 10.9 Å². The lowest BCUT2D eigenvalue weighted by atomic mass is 10.1. The molecule has 0 heterocycles. The highest BCUT2D eigenvalue weighted by atomic mass is 16.3. The van der Waals surface area contributed by atoms with Gasteiger partial charge in [-0.1, -0.05) is 12.5 Å². The van der Waals surface area contributed by atoms with Crippen LogP contribution in [0.4, 0.5) is 0 Å². The van der Waals surface area contributed by atoms with E-state index in [1.165, 1.54) is 0 Å². The molecule has 0 spiro atoms. The lowest BCUT2D eigenvalue weighted by molar-refractivity contribution is 0.136. The van der Waals surface area contributed by atoms with Crippen LogP contribution in [0.2, 0.25) is 0 Å². The van der Waals surface area contributed by atoms with Gasteiger partial charge < -0.3 is 15.7 Å². The highest BCUT2D eigenvalue weighted by molar-refractivity contribution is 5.79. The maximum absolute atomic E-state index is 9.68. The molecular formula is C12H23N3O. The first-order chi connectivity index (χ1) is 7.77. The molecule has 0 saturated heterocycles. The third kappa shape index (κ3) is 4.23. The minimum atomic E-state index is -0.161. The van der Waals surface area contributed by atoms with Crippen LogP contribution in [0.1, 0.15) is 26.2 Å². The Morgan fingerprint density at radius 2 is 2.31 bits per heavy atom. The van der Waals surface area contributed by atoms with Crippen LogP contribution >= 0.6 is 0 Å². The standard InChI is InChI=1S/C12H23N3O/c1-3-8-14-12(13-4-2)15-9-10-6-5-7-11(10)16/h3,10-11,16H,1,4-9H2,2H3,(H2,13,14,15). The fourth-order valence-electron chi connectivity index (χ4n) is 1.95. The van der Waals surface area contributed by atoms with Crippen LogP contribution in [0.25, 0.3) is 0 Å². The number of hydrogen-bond acceptors (Lipinski definition) is 2. The number of nitrogens with zero attached hydrogens (tertiary/aromatic N) is 1. The van der Waals surface area contributed by atoms with E-state index >= 15 is 0 Å². The van der Waals surface area contributed by atoms with Crippen molar-refractivity contribution in [3.8, 4) is 0 Å². The molecule has 0 radical (unpaired) electrons. The molecule has 0 amide bonds. The third-order valence-corrected chi connectivity index (χ3v) is 2.86. The zero-order chi connectivity index (χ0) is 11.8. The summed E-state index contributed by atoms with van der Waals surface area (Å²) in [5.41, 5.74) is 0. The molecular weight excluding hydrogens is 202 g/mol. The Morgan fingerprint density at radius 1 is 1.50 bits per heavy atom. The minimum Gasteiger partial charge on any atom is -0.393 e. The number of aliphatic hydroxyl groups is 1. The van der Waals surface area contributed by atoms with Gasteiger partial charge >= 0.3 is 0 Å². The second-order valence-corrected chi connectivity index (χ2v) is 4.15. The average molecular weight is 225 g/mol. The summed E-state index contributed by atoms with van der Waals surface area (Å²) < 4.78 is 0. The Morgan fingerprint density at radius 3 is 2.88 bits per heavy atom. The van der Waals surface area contributed by atoms with Crippen LogP contribution < -0.4 is 10.6 Å². The molecule has 0 aromatic carbocycles. The normalized spacial score (nSPS) is 25.5. The van der Waals surface area contributed by atoms with Gasteiger partial charge in [0.15, 0.2) is 5.96 Å². The van der Waals surface area contributed by atoms with Crippen molar-refractivity contribution < 1.29 is 5.11 Å². The molecule has 1 aliphatic carbocycles. The van der Waals surface area contributed by atoms with Gasteiger partial charge in [0, 0.05) is 25.6 Å². The van der Waals surface area contributed by atoms with E-state index in [0.29, 0.717) is 19.0 Å². The van der Waals surface area contributed by atoms with Crippen molar-refractivity contribution >= 4 is 5.96 Å². The van der Waals surface area contributed by atoms with Crippen molar-refractivity contribution in [3.63, 3.8) is 0 Å². The van der Waals surface area contributed by atoms with Gasteiger partial charge in [0.1, 0.15) is 0 Å². The maximum atomic E-state index is 9.68. The molecule has 2 unspecified atom stereocenters. The van der Waals surface area contributed by atoms with E-state index in [4.69, 9.17) is 0 Å². The molecule has 0 aromatic rings. The minimum absolute atomic E-state index is 0.161. The second-order valence-electron chi connectivity index (χ2n) is 4.15. The molecule has 0 aliphatic heterocycles. The molecule has 1 fully saturated rings. The van der Waals surface area contributed by atoms with Crippen molar-refractivity contribution in [3.05, 3.63) is 12.7 Å². The number of nitrogens with one attached hydrogen (secondary N) is 2. The molecule has 0 bridgehead atoms. The molecule has 4 heteroatoms. The number of aliphatic hydroxyl groups excluding tert-OH is 1. The summed E-state index contributed by atoms with van der Waals surface area (Å²) in [4.78, 5) is 4.47. The first kappa shape index (κ1) is 13.0. The zero-order valence-electron chi connectivity index (χ0n) is 10.1. The molecule has 16 heavy (non-hydrogen) atoms. The van der Waals surface area contributed by atoms with Gasteiger partial charge in [-0.2, -0.15) is 0 Å². The highest BCUT2D eigenvalue weighted by Crippen LogP contribution is 2.25. The molecule has 4 nitrogen and oxygen atoms in total. The van der Waals surface area contributed by atoms with Crippen LogP contribution in [-0.2, 0) is 0 Å². The maximum Gasteiger partial charge on any atom is 0.191 e. The summed E-state index contributed by atoms with van der Waals surface area (Å²) >= 11 is 0. The van der Waals surface area contributed by atoms with Crippen LogP contribution in [-0.4, -0.2) is 36.8 Å². The average Bonchev–Trinajstić information content (AvgIpc) is 2.68. The summed E-state index contributed by atoms with van der Waals surface area (Å²) in [5.74, 6) is 1.14. The van der Waals surface area contributed by atoms with E-state index in [-0.39, 0.29) is 6.10 Å². The SMILES string of the molecule is C=CCNC(=NCC1CCCC1O)NCC. The van der Waals surface area contributed by atoms with Crippen molar-refractivity contribution in [1.82, 2.24) is 10.6 Å². The summed E-state index contributed by atoms with van der Waals surface area (Å²) in [6.07, 6.45) is 4.78. The Balaban J connectivity index is 2.39. The summed E-state index contributed by atoms with van der Waals surface area (Å²) in [5, 5.41) is 16.0. The molecule has 1 rings (SSSR count). The molecule has 0 aromatic heterocycles. The lowest BCUT2D eigenvalue weighted by Crippen LogP contribution is -2.37. The highest BCUT2D eigenvalue weighted by Gasteiger charge is 2.24.